The van der Waals surface area contributed by atoms with Crippen molar-refractivity contribution >= 4 is 22.7 Å². The molecule has 2 heterocycles. The third-order valence-electron chi connectivity index (χ3n) is 5.66. The van der Waals surface area contributed by atoms with Crippen LogP contribution in [0, 0.1) is 17.0 Å². The largest absolute Gasteiger partial charge is 0.511 e. The number of ether oxygens (including phenoxy) is 1. The van der Waals surface area contributed by atoms with Gasteiger partial charge in [0.1, 0.15) is 11.5 Å². The normalized spacial score (nSPS) is 22.1. The molecule has 3 N–H and O–H groups in total. The molecule has 0 radical (unpaired) electrons. The Balaban J connectivity index is 1.92. The number of hydrogen-bond acceptors (Lipinski definition) is 5. The zero-order chi connectivity index (χ0) is 20.2. The summed E-state index contributed by atoms with van der Waals surface area (Å²) in [6.45, 7) is 3.25. The Hall–Kier alpha value is -2.68. The maximum Gasteiger partial charge on any atom is 0.511 e. The first-order valence-corrected chi connectivity index (χ1v) is 9.17. The van der Waals surface area contributed by atoms with Gasteiger partial charge in [-0.1, -0.05) is 6.92 Å². The molecule has 150 valence electrons. The van der Waals surface area contributed by atoms with Gasteiger partial charge < -0.3 is 25.0 Å². The minimum absolute atomic E-state index is 0.0250. The van der Waals surface area contributed by atoms with E-state index in [0.29, 0.717) is 26.1 Å². The predicted octanol–water partition coefficient (Wildman–Crippen LogP) is 2.85. The van der Waals surface area contributed by atoms with Crippen LogP contribution in [-0.4, -0.2) is 35.5 Å². The molecule has 1 aromatic carbocycles. The summed E-state index contributed by atoms with van der Waals surface area (Å²) in [7, 11) is 0. The molecule has 9 heteroatoms. The van der Waals surface area contributed by atoms with Crippen LogP contribution < -0.4 is 20.8 Å². The minimum atomic E-state index is -1.66. The van der Waals surface area contributed by atoms with Crippen molar-refractivity contribution in [2.75, 3.05) is 24.5 Å². The number of nitrogens with zero attached hydrogens (tertiary/aromatic N) is 2. The van der Waals surface area contributed by atoms with E-state index in [2.05, 4.69) is 4.74 Å². The lowest BCUT2D eigenvalue weighted by molar-refractivity contribution is 0.143. The molecule has 1 aliphatic heterocycles. The number of aromatic nitrogens is 1. The standard InChI is InChI=1S/C19H21F2N3O4/c1-19(8-22)4-5-23(9-19)16-12(20)6-11-15(14(16)21)24(10-2-3-10)7-13(17(11)25)28-18(26)27/h6-7,10H,2-5,8-9,22H2,1H3,(H,26,27). The van der Waals surface area contributed by atoms with Gasteiger partial charge in [-0.25, -0.2) is 13.6 Å². The van der Waals surface area contributed by atoms with Crippen LogP contribution in [0.2, 0.25) is 0 Å². The summed E-state index contributed by atoms with van der Waals surface area (Å²) in [6.07, 6.45) is 1.77. The average Bonchev–Trinajstić information content (AvgIpc) is 3.40. The van der Waals surface area contributed by atoms with E-state index in [1.807, 2.05) is 6.92 Å². The number of halogens is 2. The summed E-state index contributed by atoms with van der Waals surface area (Å²) in [5.41, 5.74) is 4.51. The minimum Gasteiger partial charge on any atom is -0.449 e. The van der Waals surface area contributed by atoms with Crippen molar-refractivity contribution in [3.63, 3.8) is 0 Å². The van der Waals surface area contributed by atoms with Crippen molar-refractivity contribution in [1.29, 1.82) is 0 Å². The number of rotatable bonds is 4. The second-order valence-corrected chi connectivity index (χ2v) is 7.93. The fourth-order valence-corrected chi connectivity index (χ4v) is 3.88. The number of carboxylic acid groups (broad SMARTS) is 1. The second-order valence-electron chi connectivity index (χ2n) is 7.93. The Bertz CT molecular complexity index is 1030. The molecular weight excluding hydrogens is 372 g/mol. The van der Waals surface area contributed by atoms with Gasteiger partial charge in [0, 0.05) is 19.1 Å². The summed E-state index contributed by atoms with van der Waals surface area (Å²) < 4.78 is 36.5. The fraction of sp³-hybridized carbons (Fsp3) is 0.474. The summed E-state index contributed by atoms with van der Waals surface area (Å²) in [5.74, 6) is -2.14. The van der Waals surface area contributed by atoms with Gasteiger partial charge in [0.05, 0.1) is 17.1 Å². The zero-order valence-corrected chi connectivity index (χ0v) is 15.4. The van der Waals surface area contributed by atoms with E-state index in [-0.39, 0.29) is 28.0 Å². The zero-order valence-electron chi connectivity index (χ0n) is 15.4. The van der Waals surface area contributed by atoms with Crippen molar-refractivity contribution in [2.24, 2.45) is 11.1 Å². The van der Waals surface area contributed by atoms with Crippen LogP contribution >= 0.6 is 0 Å². The molecule has 2 fully saturated rings. The smallest absolute Gasteiger partial charge is 0.449 e. The number of fused-ring (bicyclic) bond motifs is 1. The molecule has 28 heavy (non-hydrogen) atoms. The van der Waals surface area contributed by atoms with Crippen molar-refractivity contribution < 1.29 is 23.4 Å². The van der Waals surface area contributed by atoms with Gasteiger partial charge in [-0.2, -0.15) is 0 Å². The molecule has 1 unspecified atom stereocenters. The highest BCUT2D eigenvalue weighted by atomic mass is 19.1. The summed E-state index contributed by atoms with van der Waals surface area (Å²) in [4.78, 5) is 25.1. The van der Waals surface area contributed by atoms with Gasteiger partial charge in [0.2, 0.25) is 5.43 Å². The summed E-state index contributed by atoms with van der Waals surface area (Å²) in [6, 6.07) is 0.891. The van der Waals surface area contributed by atoms with E-state index >= 15 is 4.39 Å². The maximum absolute atomic E-state index is 15.5. The SMILES string of the molecule is CC1(CN)CCN(c2c(F)cc3c(=O)c(OC(=O)O)cn(C4CC4)c3c2F)C1. The predicted molar refractivity (Wildman–Crippen MR) is 99.0 cm³/mol. The molecule has 0 spiro atoms. The van der Waals surface area contributed by atoms with Gasteiger partial charge in [0.15, 0.2) is 11.6 Å². The number of nitrogens with two attached hydrogens (primary N) is 1. The number of hydrogen-bond donors (Lipinski definition) is 2. The third kappa shape index (κ3) is 2.99. The highest BCUT2D eigenvalue weighted by Gasteiger charge is 2.36. The average molecular weight is 393 g/mol. The monoisotopic (exact) mass is 393 g/mol. The first-order chi connectivity index (χ1) is 13.2. The lowest BCUT2D eigenvalue weighted by Crippen LogP contribution is -2.32. The Morgan fingerprint density at radius 1 is 1.43 bits per heavy atom. The molecule has 1 saturated heterocycles. The maximum atomic E-state index is 15.5. The molecule has 7 nitrogen and oxygen atoms in total. The van der Waals surface area contributed by atoms with E-state index in [9.17, 15) is 14.0 Å². The van der Waals surface area contributed by atoms with Crippen LogP contribution in [0.4, 0.5) is 19.3 Å². The number of pyridine rings is 1. The van der Waals surface area contributed by atoms with Crippen molar-refractivity contribution in [2.45, 2.75) is 32.2 Å². The van der Waals surface area contributed by atoms with E-state index in [0.717, 1.165) is 18.9 Å². The van der Waals surface area contributed by atoms with Crippen molar-refractivity contribution in [3.05, 3.63) is 34.1 Å². The van der Waals surface area contributed by atoms with Crippen LogP contribution in [0.1, 0.15) is 32.2 Å². The molecule has 2 aromatic rings. The lowest BCUT2D eigenvalue weighted by atomic mass is 9.90. The molecule has 4 rings (SSSR count). The van der Waals surface area contributed by atoms with Gasteiger partial charge in [-0.05, 0) is 37.3 Å². The van der Waals surface area contributed by atoms with Gasteiger partial charge in [0.25, 0.3) is 0 Å². The van der Waals surface area contributed by atoms with E-state index < -0.39 is 29.0 Å². The van der Waals surface area contributed by atoms with Gasteiger partial charge in [-0.15, -0.1) is 0 Å². The molecule has 0 amide bonds. The highest BCUT2D eigenvalue weighted by Crippen LogP contribution is 2.41. The van der Waals surface area contributed by atoms with E-state index in [4.69, 9.17) is 10.8 Å². The molecule has 1 atom stereocenters. The molecule has 1 saturated carbocycles. The van der Waals surface area contributed by atoms with Gasteiger partial charge >= 0.3 is 6.16 Å². The second kappa shape index (κ2) is 6.44. The topological polar surface area (TPSA) is 97.8 Å². The Labute approximate surface area is 159 Å². The Kier molecular flexibility index (Phi) is 4.29. The first-order valence-electron chi connectivity index (χ1n) is 9.17. The molecule has 0 bridgehead atoms. The number of carbonyl (C=O) groups is 1. The van der Waals surface area contributed by atoms with Crippen LogP contribution in [0.25, 0.3) is 10.9 Å². The Morgan fingerprint density at radius 3 is 2.71 bits per heavy atom. The van der Waals surface area contributed by atoms with E-state index in [1.54, 1.807) is 4.90 Å². The highest BCUT2D eigenvalue weighted by molar-refractivity contribution is 5.86. The summed E-state index contributed by atoms with van der Waals surface area (Å²) >= 11 is 0. The van der Waals surface area contributed by atoms with E-state index in [1.165, 1.54) is 10.8 Å². The fourth-order valence-electron chi connectivity index (χ4n) is 3.88. The summed E-state index contributed by atoms with van der Waals surface area (Å²) in [5, 5.41) is 8.61. The lowest BCUT2D eigenvalue weighted by Gasteiger charge is -2.25. The molecular formula is C19H21F2N3O4. The number of anilines is 1. The molecule has 1 aromatic heterocycles. The third-order valence-corrected chi connectivity index (χ3v) is 5.66. The van der Waals surface area contributed by atoms with Crippen LogP contribution in [0.3, 0.4) is 0 Å². The van der Waals surface area contributed by atoms with Crippen LogP contribution in [0.5, 0.6) is 5.75 Å². The van der Waals surface area contributed by atoms with Crippen LogP contribution in [0.15, 0.2) is 17.1 Å². The van der Waals surface area contributed by atoms with Crippen molar-refractivity contribution in [3.8, 4) is 5.75 Å². The van der Waals surface area contributed by atoms with Gasteiger partial charge in [-0.3, -0.25) is 4.79 Å². The quantitative estimate of drug-likeness (QED) is 0.776. The molecule has 1 aliphatic carbocycles. The molecule has 2 aliphatic rings. The van der Waals surface area contributed by atoms with Crippen molar-refractivity contribution in [1.82, 2.24) is 4.57 Å². The van der Waals surface area contributed by atoms with Crippen LogP contribution in [-0.2, 0) is 0 Å². The number of benzene rings is 1. The Morgan fingerprint density at radius 2 is 2.14 bits per heavy atom. The first kappa shape index (κ1) is 18.7.